The number of amides is 1. The second kappa shape index (κ2) is 9.00. The topological polar surface area (TPSA) is 83.4 Å². The van der Waals surface area contributed by atoms with E-state index in [1.807, 2.05) is 0 Å². The van der Waals surface area contributed by atoms with Crippen molar-refractivity contribution in [1.82, 2.24) is 14.9 Å². The maximum atomic E-state index is 15.1. The fourth-order valence-electron chi connectivity index (χ4n) is 3.33. The van der Waals surface area contributed by atoms with Crippen LogP contribution in [0.5, 0.6) is 0 Å². The number of carboxylic acids is 1. The minimum absolute atomic E-state index is 0.0273. The van der Waals surface area contributed by atoms with Crippen LogP contribution in [0, 0.1) is 25.5 Å². The van der Waals surface area contributed by atoms with Gasteiger partial charge in [0.25, 0.3) is 5.91 Å². The molecule has 0 aliphatic carbocycles. The van der Waals surface area contributed by atoms with E-state index in [0.29, 0.717) is 17.0 Å². The average molecular weight is 460 g/mol. The lowest BCUT2D eigenvalue weighted by Crippen LogP contribution is -2.24. The van der Waals surface area contributed by atoms with Crippen molar-refractivity contribution in [2.75, 3.05) is 14.1 Å². The summed E-state index contributed by atoms with van der Waals surface area (Å²) >= 11 is 6.19. The van der Waals surface area contributed by atoms with E-state index in [1.165, 1.54) is 23.1 Å². The summed E-state index contributed by atoms with van der Waals surface area (Å²) in [5, 5.41) is 8.92. The number of aryl methyl sites for hydroxylation is 2. The summed E-state index contributed by atoms with van der Waals surface area (Å²) in [7, 11) is 3.14. The zero-order valence-corrected chi connectivity index (χ0v) is 18.6. The molecule has 32 heavy (non-hydrogen) atoms. The van der Waals surface area contributed by atoms with Crippen LogP contribution in [0.1, 0.15) is 27.4 Å². The van der Waals surface area contributed by atoms with Gasteiger partial charge in [0.15, 0.2) is 0 Å². The number of carbonyl (C=O) groups is 2. The van der Waals surface area contributed by atoms with E-state index in [0.717, 1.165) is 12.1 Å². The first kappa shape index (κ1) is 23.3. The molecule has 0 bridgehead atoms. The number of carboxylic acid groups (broad SMARTS) is 1. The number of halogens is 3. The van der Waals surface area contributed by atoms with Gasteiger partial charge >= 0.3 is 5.97 Å². The molecular formula is C23H20ClF2N3O3. The Morgan fingerprint density at radius 2 is 1.66 bits per heavy atom. The van der Waals surface area contributed by atoms with Crippen LogP contribution in [0.2, 0.25) is 5.02 Å². The van der Waals surface area contributed by atoms with Gasteiger partial charge in [-0.15, -0.1) is 0 Å². The molecule has 2 aromatic carbocycles. The van der Waals surface area contributed by atoms with Crippen LogP contribution in [0.15, 0.2) is 30.3 Å². The predicted octanol–water partition coefficient (Wildman–Crippen LogP) is 4.69. The van der Waals surface area contributed by atoms with Crippen molar-refractivity contribution in [2.45, 2.75) is 20.3 Å². The summed E-state index contributed by atoms with van der Waals surface area (Å²) in [6, 6.07) is 6.42. The van der Waals surface area contributed by atoms with Gasteiger partial charge in [-0.2, -0.15) is 0 Å². The summed E-state index contributed by atoms with van der Waals surface area (Å²) in [5.41, 5.74) is 1.40. The van der Waals surface area contributed by atoms with Gasteiger partial charge in [-0.05, 0) is 37.6 Å². The number of aliphatic carboxylic acids is 1. The van der Waals surface area contributed by atoms with Crippen molar-refractivity contribution >= 4 is 23.5 Å². The monoisotopic (exact) mass is 459 g/mol. The number of nitrogens with zero attached hydrogens (tertiary/aromatic N) is 3. The maximum absolute atomic E-state index is 15.1. The summed E-state index contributed by atoms with van der Waals surface area (Å²) in [4.78, 5) is 33.3. The van der Waals surface area contributed by atoms with E-state index in [1.54, 1.807) is 27.9 Å². The Labute approximate surface area is 188 Å². The fraction of sp³-hybridized carbons (Fsp3) is 0.217. The Hall–Kier alpha value is -3.39. The Kier molecular flexibility index (Phi) is 6.55. The Bertz CT molecular complexity index is 1220. The first-order valence-corrected chi connectivity index (χ1v) is 9.94. The number of aromatic nitrogens is 2. The third kappa shape index (κ3) is 4.60. The third-order valence-corrected chi connectivity index (χ3v) is 5.14. The lowest BCUT2D eigenvalue weighted by molar-refractivity contribution is -0.136. The molecule has 1 amide bonds. The fourth-order valence-corrected chi connectivity index (χ4v) is 3.63. The predicted molar refractivity (Wildman–Crippen MR) is 117 cm³/mol. The van der Waals surface area contributed by atoms with E-state index >= 15 is 8.78 Å². The van der Waals surface area contributed by atoms with E-state index in [2.05, 4.69) is 9.97 Å². The van der Waals surface area contributed by atoms with E-state index in [9.17, 15) is 9.59 Å². The number of carbonyl (C=O) groups excluding carboxylic acids is 1. The first-order valence-electron chi connectivity index (χ1n) is 9.56. The van der Waals surface area contributed by atoms with Crippen molar-refractivity contribution in [3.8, 4) is 22.4 Å². The van der Waals surface area contributed by atoms with Gasteiger partial charge in [0, 0.05) is 30.2 Å². The van der Waals surface area contributed by atoms with Crippen LogP contribution in [0.3, 0.4) is 0 Å². The quantitative estimate of drug-likeness (QED) is 0.598. The molecule has 0 unspecified atom stereocenters. The molecule has 0 saturated carbocycles. The van der Waals surface area contributed by atoms with Crippen LogP contribution in [-0.2, 0) is 11.2 Å². The van der Waals surface area contributed by atoms with Crippen LogP contribution in [0.4, 0.5) is 8.78 Å². The van der Waals surface area contributed by atoms with Gasteiger partial charge in [0.1, 0.15) is 17.3 Å². The number of hydrogen-bond donors (Lipinski definition) is 1. The first-order chi connectivity index (χ1) is 15.0. The lowest BCUT2D eigenvalue weighted by atomic mass is 9.98. The van der Waals surface area contributed by atoms with Crippen LogP contribution >= 0.6 is 11.6 Å². The standard InChI is InChI=1S/C23H20ClF2N3O3/c1-11-21(28-22(12(2)27-11)23(32)29(3)4)14-9-17(25)20(18(26)10-14)15-6-5-13(7-16(15)24)8-19(30)31/h5-7,9-10H,8H2,1-4H3,(H,30,31). The minimum Gasteiger partial charge on any atom is -0.481 e. The highest BCUT2D eigenvalue weighted by molar-refractivity contribution is 6.33. The molecule has 1 heterocycles. The van der Waals surface area contributed by atoms with Gasteiger partial charge in [-0.3, -0.25) is 14.6 Å². The van der Waals surface area contributed by atoms with E-state index in [-0.39, 0.29) is 45.4 Å². The molecule has 6 nitrogen and oxygen atoms in total. The third-order valence-electron chi connectivity index (χ3n) is 4.83. The Morgan fingerprint density at radius 1 is 1.03 bits per heavy atom. The van der Waals surface area contributed by atoms with Crippen molar-refractivity contribution < 1.29 is 23.5 Å². The number of hydrogen-bond acceptors (Lipinski definition) is 4. The molecule has 0 spiro atoms. The zero-order valence-electron chi connectivity index (χ0n) is 17.8. The molecule has 0 aliphatic rings. The summed E-state index contributed by atoms with van der Waals surface area (Å²) < 4.78 is 30.1. The molecule has 3 aromatic rings. The largest absolute Gasteiger partial charge is 0.481 e. The van der Waals surface area contributed by atoms with Crippen molar-refractivity contribution in [1.29, 1.82) is 0 Å². The Balaban J connectivity index is 2.10. The molecule has 166 valence electrons. The van der Waals surface area contributed by atoms with Crippen molar-refractivity contribution in [3.05, 3.63) is 69.6 Å². The summed E-state index contributed by atoms with van der Waals surface area (Å²) in [6.07, 6.45) is -0.261. The van der Waals surface area contributed by atoms with Crippen molar-refractivity contribution in [3.63, 3.8) is 0 Å². The maximum Gasteiger partial charge on any atom is 0.307 e. The number of benzene rings is 2. The highest BCUT2D eigenvalue weighted by Crippen LogP contribution is 2.35. The van der Waals surface area contributed by atoms with Gasteiger partial charge in [0.05, 0.1) is 29.1 Å². The van der Waals surface area contributed by atoms with Gasteiger partial charge < -0.3 is 10.0 Å². The molecule has 9 heteroatoms. The summed E-state index contributed by atoms with van der Waals surface area (Å²) in [6.45, 7) is 3.28. The van der Waals surface area contributed by atoms with Gasteiger partial charge in [0.2, 0.25) is 0 Å². The minimum atomic E-state index is -1.04. The highest BCUT2D eigenvalue weighted by atomic mass is 35.5. The molecule has 3 rings (SSSR count). The van der Waals surface area contributed by atoms with E-state index in [4.69, 9.17) is 16.7 Å². The normalized spacial score (nSPS) is 10.8. The van der Waals surface area contributed by atoms with Gasteiger partial charge in [-0.1, -0.05) is 23.7 Å². The Morgan fingerprint density at radius 3 is 2.19 bits per heavy atom. The second-order valence-corrected chi connectivity index (χ2v) is 7.90. The highest BCUT2D eigenvalue weighted by Gasteiger charge is 2.21. The SMILES string of the molecule is Cc1nc(C)c(-c2cc(F)c(-c3ccc(CC(=O)O)cc3Cl)c(F)c2)nc1C(=O)N(C)C. The number of rotatable bonds is 5. The van der Waals surface area contributed by atoms with E-state index < -0.39 is 17.6 Å². The van der Waals surface area contributed by atoms with Crippen LogP contribution in [0.25, 0.3) is 22.4 Å². The zero-order chi connectivity index (χ0) is 23.7. The molecule has 0 saturated heterocycles. The molecule has 0 fully saturated rings. The second-order valence-electron chi connectivity index (χ2n) is 7.49. The van der Waals surface area contributed by atoms with Crippen LogP contribution in [-0.4, -0.2) is 45.9 Å². The lowest BCUT2D eigenvalue weighted by Gasteiger charge is -2.15. The molecule has 1 N–H and O–H groups in total. The molecule has 1 aromatic heterocycles. The van der Waals surface area contributed by atoms with Crippen LogP contribution < -0.4 is 0 Å². The summed E-state index contributed by atoms with van der Waals surface area (Å²) in [5.74, 6) is -3.18. The molecule has 0 radical (unpaired) electrons. The molecule has 0 aliphatic heterocycles. The molecule has 0 atom stereocenters. The average Bonchev–Trinajstić information content (AvgIpc) is 2.68. The molecular weight excluding hydrogens is 440 g/mol. The van der Waals surface area contributed by atoms with Gasteiger partial charge in [-0.25, -0.2) is 13.8 Å². The van der Waals surface area contributed by atoms with Crippen molar-refractivity contribution in [2.24, 2.45) is 0 Å². The smallest absolute Gasteiger partial charge is 0.307 e.